The predicted octanol–water partition coefficient (Wildman–Crippen LogP) is 1.49. The number of nitriles is 1. The quantitative estimate of drug-likeness (QED) is 0.324. The third-order valence-corrected chi connectivity index (χ3v) is 3.81. The van der Waals surface area contributed by atoms with Crippen molar-refractivity contribution in [1.29, 1.82) is 5.26 Å². The summed E-state index contributed by atoms with van der Waals surface area (Å²) in [5.74, 6) is 1.71. The van der Waals surface area contributed by atoms with Crippen LogP contribution in [-0.4, -0.2) is 47.8 Å². The Morgan fingerprint density at radius 3 is 2.74 bits per heavy atom. The molecule has 19 heavy (non-hydrogen) atoms. The third kappa shape index (κ3) is 15.2. The maximum atomic E-state index is 11.2. The monoisotopic (exact) mass is 311 g/mol. The van der Waals surface area contributed by atoms with Gasteiger partial charge in [0.2, 0.25) is 0 Å². The summed E-state index contributed by atoms with van der Waals surface area (Å²) in [5.41, 5.74) is 0. The lowest BCUT2D eigenvalue weighted by atomic mass is 10.5. The Morgan fingerprint density at radius 1 is 1.37 bits per heavy atom. The lowest BCUT2D eigenvalue weighted by Gasteiger charge is -2.03. The highest BCUT2D eigenvalue weighted by Crippen LogP contribution is 2.06. The van der Waals surface area contributed by atoms with Gasteiger partial charge in [0.15, 0.2) is 11.1 Å². The Morgan fingerprint density at radius 2 is 2.11 bits per heavy atom. The van der Waals surface area contributed by atoms with Crippen molar-refractivity contribution >= 4 is 28.8 Å². The average Bonchev–Trinajstić information content (AvgIpc) is 2.38. The Kier molecular flexibility index (Phi) is 16.5. The summed E-state index contributed by atoms with van der Waals surface area (Å²) < 4.78 is 24.7. The smallest absolute Gasteiger partial charge is 0.306 e. The van der Waals surface area contributed by atoms with Gasteiger partial charge in [-0.05, 0) is 12.2 Å². The maximum Gasteiger partial charge on any atom is 0.306 e. The van der Waals surface area contributed by atoms with Crippen LogP contribution in [0.4, 0.5) is 0 Å². The van der Waals surface area contributed by atoms with Gasteiger partial charge in [0, 0.05) is 5.75 Å². The van der Waals surface area contributed by atoms with Crippen LogP contribution < -0.4 is 0 Å². The maximum absolute atomic E-state index is 11.2. The van der Waals surface area contributed by atoms with E-state index in [1.165, 1.54) is 13.4 Å². The minimum absolute atomic E-state index is 0. The van der Waals surface area contributed by atoms with Gasteiger partial charge in [-0.25, -0.2) is 4.21 Å². The second-order valence-corrected chi connectivity index (χ2v) is 5.62. The molecule has 0 radical (unpaired) electrons. The van der Waals surface area contributed by atoms with Crippen molar-refractivity contribution in [3.8, 4) is 6.26 Å². The lowest BCUT2D eigenvalue weighted by molar-refractivity contribution is -0.144. The van der Waals surface area contributed by atoms with Gasteiger partial charge in [-0.2, -0.15) is 17.0 Å². The van der Waals surface area contributed by atoms with E-state index in [-0.39, 0.29) is 26.6 Å². The number of ether oxygens (including phenoxy) is 2. The first kappa shape index (κ1) is 20.5. The summed E-state index contributed by atoms with van der Waals surface area (Å²) in [7, 11) is 1.41. The molecule has 0 aliphatic heterocycles. The molecule has 0 aromatic carbocycles. The van der Waals surface area contributed by atoms with Gasteiger partial charge in [-0.1, -0.05) is 7.43 Å². The number of nitrogens with zero attached hydrogens (tertiary/aromatic N) is 1. The van der Waals surface area contributed by atoms with E-state index >= 15 is 0 Å². The molecule has 0 bridgehead atoms. The van der Waals surface area contributed by atoms with Crippen molar-refractivity contribution in [2.24, 2.45) is 0 Å². The molecule has 6 nitrogen and oxygen atoms in total. The average molecular weight is 311 g/mol. The number of esters is 1. The van der Waals surface area contributed by atoms with Crippen LogP contribution in [0.15, 0.2) is 0 Å². The molecule has 0 aliphatic rings. The summed E-state index contributed by atoms with van der Waals surface area (Å²) in [6.07, 6.45) is 2.60. The van der Waals surface area contributed by atoms with Crippen LogP contribution in [0.1, 0.15) is 20.3 Å². The van der Waals surface area contributed by atoms with Gasteiger partial charge in [0.05, 0.1) is 19.3 Å². The van der Waals surface area contributed by atoms with Crippen molar-refractivity contribution in [3.63, 3.8) is 0 Å². The van der Waals surface area contributed by atoms with Gasteiger partial charge in [0.1, 0.15) is 13.2 Å². The summed E-state index contributed by atoms with van der Waals surface area (Å²) in [6.45, 7) is 0.197. The van der Waals surface area contributed by atoms with E-state index in [2.05, 4.69) is 8.92 Å². The van der Waals surface area contributed by atoms with Crippen LogP contribution >= 0.6 is 11.8 Å². The Labute approximate surface area is 121 Å². The van der Waals surface area contributed by atoms with Crippen LogP contribution in [0.5, 0.6) is 0 Å². The summed E-state index contributed by atoms with van der Waals surface area (Å²) >= 11 is 0.411. The zero-order chi connectivity index (χ0) is 13.6. The number of rotatable bonds is 11. The van der Waals surface area contributed by atoms with E-state index in [0.717, 1.165) is 12.2 Å². The van der Waals surface area contributed by atoms with E-state index in [1.54, 1.807) is 11.8 Å². The third-order valence-electron chi connectivity index (χ3n) is 1.75. The van der Waals surface area contributed by atoms with E-state index in [1.807, 2.05) is 0 Å². The molecular formula is C11H21NO5S2. The fourth-order valence-electron chi connectivity index (χ4n) is 0.935. The number of carbonyl (C=O) groups excluding carboxylic acids is 1. The molecule has 0 heterocycles. The highest BCUT2D eigenvalue weighted by atomic mass is 32.2. The molecule has 0 aromatic heterocycles. The van der Waals surface area contributed by atoms with Crippen LogP contribution in [0.3, 0.4) is 0 Å². The number of thioether (sulfide) groups is 1. The van der Waals surface area contributed by atoms with Gasteiger partial charge in [-0.15, -0.1) is 0 Å². The van der Waals surface area contributed by atoms with Gasteiger partial charge in [0.25, 0.3) is 6.26 Å². The highest BCUT2D eigenvalue weighted by molar-refractivity contribution is 7.99. The minimum Gasteiger partial charge on any atom is -0.462 e. The molecule has 0 fully saturated rings. The van der Waals surface area contributed by atoms with E-state index < -0.39 is 11.1 Å². The van der Waals surface area contributed by atoms with Crippen molar-refractivity contribution in [2.45, 2.75) is 20.3 Å². The van der Waals surface area contributed by atoms with E-state index in [0.29, 0.717) is 17.9 Å². The van der Waals surface area contributed by atoms with Crippen molar-refractivity contribution in [3.05, 3.63) is 0 Å². The lowest BCUT2D eigenvalue weighted by Crippen LogP contribution is -2.10. The molecule has 0 amide bonds. The standard InChI is InChI=1S/C10H17NO5S2.CH4/c1-14-18(13)8-2-6-17-7-3-10(12)16-5-4-15-9-11;/h2-8H2,1H3;1H4. The normalized spacial score (nSPS) is 10.9. The molecule has 112 valence electrons. The van der Waals surface area contributed by atoms with Crippen LogP contribution in [0, 0.1) is 11.5 Å². The first-order valence-electron chi connectivity index (χ1n) is 5.37. The highest BCUT2D eigenvalue weighted by Gasteiger charge is 2.03. The molecule has 0 aliphatic carbocycles. The summed E-state index contributed by atoms with van der Waals surface area (Å²) in [6, 6.07) is 0. The first-order valence-corrected chi connectivity index (χ1v) is 7.77. The zero-order valence-electron chi connectivity index (χ0n) is 10.3. The number of hydrogen-bond donors (Lipinski definition) is 0. The largest absolute Gasteiger partial charge is 0.462 e. The zero-order valence-corrected chi connectivity index (χ0v) is 11.9. The molecule has 1 unspecified atom stereocenters. The fourth-order valence-corrected chi connectivity index (χ4v) is 2.53. The molecule has 0 aromatic rings. The molecule has 0 saturated carbocycles. The van der Waals surface area contributed by atoms with Crippen molar-refractivity contribution in [1.82, 2.24) is 0 Å². The van der Waals surface area contributed by atoms with E-state index in [9.17, 15) is 9.00 Å². The molecule has 0 N–H and O–H groups in total. The minimum atomic E-state index is -1.19. The molecule has 8 heteroatoms. The van der Waals surface area contributed by atoms with Gasteiger partial charge in [-0.3, -0.25) is 8.98 Å². The van der Waals surface area contributed by atoms with Gasteiger partial charge < -0.3 is 9.47 Å². The molecule has 1 atom stereocenters. The number of carbonyl (C=O) groups is 1. The SMILES string of the molecule is C.COS(=O)CCCSCCC(=O)OCCOC#N. The number of hydrogen-bond acceptors (Lipinski definition) is 7. The molecular weight excluding hydrogens is 290 g/mol. The van der Waals surface area contributed by atoms with Crippen molar-refractivity contribution in [2.75, 3.05) is 37.6 Å². The summed E-state index contributed by atoms with van der Waals surface area (Å²) in [5, 5.41) is 8.07. The Hall–Kier alpha value is -0.780. The Balaban J connectivity index is 0. The second-order valence-electron chi connectivity index (χ2n) is 3.05. The molecule has 0 saturated heterocycles. The predicted molar refractivity (Wildman–Crippen MR) is 75.8 cm³/mol. The summed E-state index contributed by atoms with van der Waals surface area (Å²) in [4.78, 5) is 11.2. The fraction of sp³-hybridized carbons (Fsp3) is 0.818. The second kappa shape index (κ2) is 15.3. The topological polar surface area (TPSA) is 85.6 Å². The first-order chi connectivity index (χ1) is 8.70. The van der Waals surface area contributed by atoms with Crippen LogP contribution in [0.25, 0.3) is 0 Å². The van der Waals surface area contributed by atoms with Crippen LogP contribution in [-0.2, 0) is 29.5 Å². The molecule has 0 rings (SSSR count). The Bertz CT molecular complexity index is 293. The van der Waals surface area contributed by atoms with Crippen molar-refractivity contribution < 1.29 is 22.7 Å². The molecule has 0 spiro atoms. The van der Waals surface area contributed by atoms with E-state index in [4.69, 9.17) is 10.00 Å². The van der Waals surface area contributed by atoms with Gasteiger partial charge >= 0.3 is 5.97 Å². The van der Waals surface area contributed by atoms with Crippen LogP contribution in [0.2, 0.25) is 0 Å².